The number of rotatable bonds is 4. The Balaban J connectivity index is 2.58. The molecule has 0 amide bonds. The van der Waals surface area contributed by atoms with E-state index in [1.54, 1.807) is 19.9 Å². The molecule has 0 saturated heterocycles. The summed E-state index contributed by atoms with van der Waals surface area (Å²) in [7, 11) is -4.33. The first-order valence-electron chi connectivity index (χ1n) is 6.45. The molecule has 5 nitrogen and oxygen atoms in total. The second-order valence-electron chi connectivity index (χ2n) is 4.97. The SMILES string of the molecule is Cc1cc(C)c(NS(=O)(=O)c2cccc(Cl)c2F)c(C(=O)O)c1. The fourth-order valence-electron chi connectivity index (χ4n) is 2.15. The number of carbonyl (C=O) groups is 1. The van der Waals surface area contributed by atoms with Crippen molar-refractivity contribution in [1.82, 2.24) is 0 Å². The number of anilines is 1. The minimum absolute atomic E-state index is 0.109. The lowest BCUT2D eigenvalue weighted by molar-refractivity contribution is 0.0698. The van der Waals surface area contributed by atoms with Crippen LogP contribution in [0.5, 0.6) is 0 Å². The number of hydrogen-bond donors (Lipinski definition) is 2. The van der Waals surface area contributed by atoms with Gasteiger partial charge in [0.25, 0.3) is 10.0 Å². The Bertz CT molecular complexity index is 897. The molecular formula is C15H13ClFNO4S. The van der Waals surface area contributed by atoms with Gasteiger partial charge in [-0.2, -0.15) is 0 Å². The summed E-state index contributed by atoms with van der Waals surface area (Å²) in [5, 5.41) is 8.91. The van der Waals surface area contributed by atoms with Crippen LogP contribution in [0.2, 0.25) is 5.02 Å². The number of carboxylic acids is 1. The normalized spacial score (nSPS) is 11.3. The van der Waals surface area contributed by atoms with Crippen molar-refractivity contribution in [2.75, 3.05) is 4.72 Å². The van der Waals surface area contributed by atoms with Crippen molar-refractivity contribution in [2.24, 2.45) is 0 Å². The first-order chi connectivity index (χ1) is 10.6. The van der Waals surface area contributed by atoms with Gasteiger partial charge in [-0.1, -0.05) is 23.7 Å². The van der Waals surface area contributed by atoms with Gasteiger partial charge in [-0.3, -0.25) is 4.72 Å². The summed E-state index contributed by atoms with van der Waals surface area (Å²) in [6.07, 6.45) is 0. The van der Waals surface area contributed by atoms with Gasteiger partial charge in [0, 0.05) is 0 Å². The highest BCUT2D eigenvalue weighted by Crippen LogP contribution is 2.28. The van der Waals surface area contributed by atoms with E-state index in [2.05, 4.69) is 4.72 Å². The highest BCUT2D eigenvalue weighted by Gasteiger charge is 2.24. The minimum atomic E-state index is -4.33. The lowest BCUT2D eigenvalue weighted by Crippen LogP contribution is -2.18. The second kappa shape index (κ2) is 6.17. The van der Waals surface area contributed by atoms with Crippen molar-refractivity contribution in [3.05, 3.63) is 57.9 Å². The van der Waals surface area contributed by atoms with E-state index in [1.165, 1.54) is 18.2 Å². The van der Waals surface area contributed by atoms with Crippen molar-refractivity contribution in [3.8, 4) is 0 Å². The van der Waals surface area contributed by atoms with E-state index in [1.807, 2.05) is 0 Å². The van der Waals surface area contributed by atoms with Gasteiger partial charge in [0.1, 0.15) is 4.90 Å². The number of hydrogen-bond acceptors (Lipinski definition) is 3. The zero-order valence-corrected chi connectivity index (χ0v) is 13.8. The summed E-state index contributed by atoms with van der Waals surface area (Å²) in [6, 6.07) is 6.52. The Morgan fingerprint density at radius 3 is 2.52 bits per heavy atom. The maximum absolute atomic E-state index is 14.0. The molecule has 0 radical (unpaired) electrons. The molecule has 0 aromatic heterocycles. The van der Waals surface area contributed by atoms with E-state index in [4.69, 9.17) is 11.6 Å². The molecule has 0 aliphatic rings. The Hall–Kier alpha value is -2.12. The van der Waals surface area contributed by atoms with Crippen LogP contribution in [0.25, 0.3) is 0 Å². The fraction of sp³-hybridized carbons (Fsp3) is 0.133. The van der Waals surface area contributed by atoms with Gasteiger partial charge in [0.2, 0.25) is 0 Å². The molecule has 0 atom stereocenters. The highest BCUT2D eigenvalue weighted by molar-refractivity contribution is 7.92. The second-order valence-corrected chi connectivity index (χ2v) is 7.03. The van der Waals surface area contributed by atoms with Gasteiger partial charge in [-0.25, -0.2) is 17.6 Å². The Labute approximate surface area is 137 Å². The van der Waals surface area contributed by atoms with Crippen LogP contribution in [0.15, 0.2) is 35.2 Å². The zero-order valence-electron chi connectivity index (χ0n) is 12.2. The molecule has 0 fully saturated rings. The molecule has 0 bridgehead atoms. The van der Waals surface area contributed by atoms with Crippen LogP contribution < -0.4 is 4.72 Å². The summed E-state index contributed by atoms with van der Waals surface area (Å²) in [5.74, 6) is -2.38. The quantitative estimate of drug-likeness (QED) is 0.875. The Kier molecular flexibility index (Phi) is 4.63. The zero-order chi connectivity index (χ0) is 17.4. The molecular weight excluding hydrogens is 345 g/mol. The molecule has 0 aliphatic carbocycles. The molecule has 0 unspecified atom stereocenters. The van der Waals surface area contributed by atoms with E-state index in [9.17, 15) is 22.7 Å². The molecule has 0 spiro atoms. The molecule has 2 aromatic carbocycles. The largest absolute Gasteiger partial charge is 0.478 e. The number of aryl methyl sites for hydroxylation is 2. The maximum Gasteiger partial charge on any atom is 0.337 e. The smallest absolute Gasteiger partial charge is 0.337 e. The molecule has 0 saturated carbocycles. The third-order valence-corrected chi connectivity index (χ3v) is 4.81. The molecule has 122 valence electrons. The van der Waals surface area contributed by atoms with Crippen LogP contribution >= 0.6 is 11.6 Å². The molecule has 2 N–H and O–H groups in total. The standard InChI is InChI=1S/C15H13ClFNO4S/c1-8-6-9(2)14(10(7-8)15(19)20)18-23(21,22)12-5-3-4-11(16)13(12)17/h3-7,18H,1-2H3,(H,19,20). The van der Waals surface area contributed by atoms with Crippen molar-refractivity contribution in [2.45, 2.75) is 18.7 Å². The Morgan fingerprint density at radius 1 is 1.26 bits per heavy atom. The maximum atomic E-state index is 14.0. The van der Waals surface area contributed by atoms with Gasteiger partial charge in [-0.05, 0) is 43.2 Å². The van der Waals surface area contributed by atoms with Crippen LogP contribution in [-0.2, 0) is 10.0 Å². The molecule has 0 aliphatic heterocycles. The number of aromatic carboxylic acids is 1. The van der Waals surface area contributed by atoms with Gasteiger partial charge in [0.05, 0.1) is 16.3 Å². The van der Waals surface area contributed by atoms with E-state index in [0.717, 1.165) is 6.07 Å². The van der Waals surface area contributed by atoms with E-state index in [-0.39, 0.29) is 16.3 Å². The predicted octanol–water partition coefficient (Wildman–Crippen LogP) is 3.59. The van der Waals surface area contributed by atoms with Crippen LogP contribution in [0.3, 0.4) is 0 Å². The van der Waals surface area contributed by atoms with E-state index >= 15 is 0 Å². The molecule has 8 heteroatoms. The van der Waals surface area contributed by atoms with Gasteiger partial charge in [0.15, 0.2) is 5.82 Å². The van der Waals surface area contributed by atoms with Gasteiger partial charge >= 0.3 is 5.97 Å². The predicted molar refractivity (Wildman–Crippen MR) is 85.1 cm³/mol. The lowest BCUT2D eigenvalue weighted by atomic mass is 10.0. The summed E-state index contributed by atoms with van der Waals surface area (Å²) in [4.78, 5) is 10.7. The van der Waals surface area contributed by atoms with Crippen molar-refractivity contribution >= 4 is 33.3 Å². The van der Waals surface area contributed by atoms with Crippen LogP contribution in [0, 0.1) is 19.7 Å². The fourth-order valence-corrected chi connectivity index (χ4v) is 3.64. The third kappa shape index (κ3) is 3.46. The highest BCUT2D eigenvalue weighted by atomic mass is 35.5. The molecule has 23 heavy (non-hydrogen) atoms. The monoisotopic (exact) mass is 357 g/mol. The van der Waals surface area contributed by atoms with Crippen molar-refractivity contribution < 1.29 is 22.7 Å². The number of benzene rings is 2. The molecule has 0 heterocycles. The first-order valence-corrected chi connectivity index (χ1v) is 8.31. The number of sulfonamides is 1. The minimum Gasteiger partial charge on any atom is -0.478 e. The van der Waals surface area contributed by atoms with Crippen LogP contribution in [0.1, 0.15) is 21.5 Å². The molecule has 2 aromatic rings. The number of carboxylic acid groups (broad SMARTS) is 1. The number of nitrogens with one attached hydrogen (secondary N) is 1. The van der Waals surface area contributed by atoms with Crippen LogP contribution in [-0.4, -0.2) is 19.5 Å². The summed E-state index contributed by atoms with van der Waals surface area (Å²) >= 11 is 5.60. The van der Waals surface area contributed by atoms with E-state index < -0.39 is 26.7 Å². The third-order valence-electron chi connectivity index (χ3n) is 3.15. The van der Waals surface area contributed by atoms with Crippen molar-refractivity contribution in [1.29, 1.82) is 0 Å². The van der Waals surface area contributed by atoms with Gasteiger partial charge in [-0.15, -0.1) is 0 Å². The first kappa shape index (κ1) is 17.2. The Morgan fingerprint density at radius 2 is 1.91 bits per heavy atom. The van der Waals surface area contributed by atoms with Gasteiger partial charge < -0.3 is 5.11 Å². The summed E-state index contributed by atoms with van der Waals surface area (Å²) in [5.41, 5.74) is 0.751. The summed E-state index contributed by atoms with van der Waals surface area (Å²) < 4.78 is 40.9. The average Bonchev–Trinajstić information content (AvgIpc) is 2.44. The summed E-state index contributed by atoms with van der Waals surface area (Å²) in [6.45, 7) is 3.25. The lowest BCUT2D eigenvalue weighted by Gasteiger charge is -2.15. The van der Waals surface area contributed by atoms with E-state index in [0.29, 0.717) is 11.1 Å². The van der Waals surface area contributed by atoms with Crippen LogP contribution in [0.4, 0.5) is 10.1 Å². The molecule has 2 rings (SSSR count). The number of halogens is 2. The van der Waals surface area contributed by atoms with Crippen molar-refractivity contribution in [3.63, 3.8) is 0 Å². The average molecular weight is 358 g/mol. The topological polar surface area (TPSA) is 83.5 Å².